The highest BCUT2D eigenvalue weighted by Crippen LogP contribution is 2.28. The first-order valence-corrected chi connectivity index (χ1v) is 7.84. The van der Waals surface area contributed by atoms with Crippen LogP contribution in [0, 0.1) is 17.2 Å². The quantitative estimate of drug-likeness (QED) is 0.506. The Morgan fingerprint density at radius 2 is 2.25 bits per heavy atom. The molecule has 1 amide bonds. The molecule has 0 heterocycles. The summed E-state index contributed by atoms with van der Waals surface area (Å²) in [5.41, 5.74) is 0.856. The fraction of sp³-hybridized carbons (Fsp3) is 0.375. The van der Waals surface area contributed by atoms with Gasteiger partial charge in [0.15, 0.2) is 0 Å². The van der Waals surface area contributed by atoms with Crippen molar-refractivity contribution in [2.75, 3.05) is 11.1 Å². The molecule has 0 saturated heterocycles. The van der Waals surface area contributed by atoms with Gasteiger partial charge in [0, 0.05) is 23.0 Å². The Morgan fingerprint density at radius 3 is 3.00 bits per heavy atom. The zero-order valence-electron chi connectivity index (χ0n) is 11.3. The Hall–Kier alpha value is -1.73. The van der Waals surface area contributed by atoms with Gasteiger partial charge in [0.1, 0.15) is 0 Å². The van der Waals surface area contributed by atoms with Gasteiger partial charge in [-0.25, -0.2) is 0 Å². The van der Waals surface area contributed by atoms with Gasteiger partial charge in [-0.05, 0) is 31.4 Å². The van der Waals surface area contributed by atoms with E-state index >= 15 is 0 Å². The summed E-state index contributed by atoms with van der Waals surface area (Å²) >= 11 is 1.61. The Kier molecular flexibility index (Phi) is 5.69. The molecule has 0 unspecified atom stereocenters. The van der Waals surface area contributed by atoms with E-state index in [4.69, 9.17) is 5.26 Å². The highest BCUT2D eigenvalue weighted by atomic mass is 32.2. The van der Waals surface area contributed by atoms with E-state index in [9.17, 15) is 4.79 Å². The number of thioether (sulfide) groups is 1. The molecular weight excluding hydrogens is 268 g/mol. The van der Waals surface area contributed by atoms with E-state index < -0.39 is 0 Å². The smallest absolute Gasteiger partial charge is 0.227 e. The molecule has 0 saturated carbocycles. The lowest BCUT2D eigenvalue weighted by molar-refractivity contribution is -0.120. The van der Waals surface area contributed by atoms with Crippen molar-refractivity contribution in [1.82, 2.24) is 0 Å². The van der Waals surface area contributed by atoms with Gasteiger partial charge in [-0.3, -0.25) is 4.79 Å². The number of rotatable bonds is 5. The van der Waals surface area contributed by atoms with Gasteiger partial charge < -0.3 is 5.32 Å². The molecule has 0 bridgehead atoms. The zero-order valence-corrected chi connectivity index (χ0v) is 12.2. The molecule has 0 radical (unpaired) electrons. The first kappa shape index (κ1) is 14.7. The molecule has 1 aliphatic rings. The molecule has 1 N–H and O–H groups in total. The van der Waals surface area contributed by atoms with Crippen molar-refractivity contribution in [3.8, 4) is 6.07 Å². The van der Waals surface area contributed by atoms with Gasteiger partial charge in [0.2, 0.25) is 5.91 Å². The Labute approximate surface area is 124 Å². The topological polar surface area (TPSA) is 52.9 Å². The number of nitrogens with one attached hydrogen (secondary N) is 1. The number of nitriles is 1. The van der Waals surface area contributed by atoms with Crippen molar-refractivity contribution < 1.29 is 4.79 Å². The largest absolute Gasteiger partial charge is 0.325 e. The first-order valence-electron chi connectivity index (χ1n) is 6.86. The van der Waals surface area contributed by atoms with Crippen LogP contribution in [0.2, 0.25) is 0 Å². The van der Waals surface area contributed by atoms with E-state index in [1.165, 1.54) is 0 Å². The average Bonchev–Trinajstić information content (AvgIpc) is 2.50. The summed E-state index contributed by atoms with van der Waals surface area (Å²) in [6, 6.07) is 9.91. The van der Waals surface area contributed by atoms with Crippen molar-refractivity contribution >= 4 is 23.4 Å². The van der Waals surface area contributed by atoms with Crippen molar-refractivity contribution in [3.63, 3.8) is 0 Å². The predicted octanol–water partition coefficient (Wildman–Crippen LogP) is 3.99. The highest BCUT2D eigenvalue weighted by Gasteiger charge is 2.19. The SMILES string of the molecule is N#CCCSc1ccccc1NC(=O)[C@H]1CC=CCC1. The van der Waals surface area contributed by atoms with Gasteiger partial charge in [-0.2, -0.15) is 5.26 Å². The van der Waals surface area contributed by atoms with E-state index in [0.717, 1.165) is 35.6 Å². The maximum atomic E-state index is 12.2. The number of para-hydroxylation sites is 1. The van der Waals surface area contributed by atoms with Gasteiger partial charge in [0.05, 0.1) is 11.8 Å². The fourth-order valence-electron chi connectivity index (χ4n) is 2.17. The minimum atomic E-state index is 0.0807. The Balaban J connectivity index is 1.99. The molecule has 0 aliphatic heterocycles. The van der Waals surface area contributed by atoms with Crippen molar-refractivity contribution in [3.05, 3.63) is 36.4 Å². The van der Waals surface area contributed by atoms with Crippen LogP contribution < -0.4 is 5.32 Å². The summed E-state index contributed by atoms with van der Waals surface area (Å²) in [6.45, 7) is 0. The first-order chi connectivity index (χ1) is 9.81. The molecule has 2 rings (SSSR count). The summed E-state index contributed by atoms with van der Waals surface area (Å²) < 4.78 is 0. The normalized spacial score (nSPS) is 17.4. The third-order valence-corrected chi connectivity index (χ3v) is 4.33. The number of allylic oxidation sites excluding steroid dienone is 2. The number of benzene rings is 1. The predicted molar refractivity (Wildman–Crippen MR) is 82.5 cm³/mol. The minimum Gasteiger partial charge on any atom is -0.325 e. The summed E-state index contributed by atoms with van der Waals surface area (Å²) in [5, 5.41) is 11.6. The van der Waals surface area contributed by atoms with Crippen LogP contribution in [0.4, 0.5) is 5.69 Å². The van der Waals surface area contributed by atoms with Crippen molar-refractivity contribution in [2.24, 2.45) is 5.92 Å². The molecule has 0 spiro atoms. The lowest BCUT2D eigenvalue weighted by Gasteiger charge is -2.18. The molecular formula is C16H18N2OS. The van der Waals surface area contributed by atoms with E-state index in [2.05, 4.69) is 23.5 Å². The number of nitrogens with zero attached hydrogens (tertiary/aromatic N) is 1. The van der Waals surface area contributed by atoms with Gasteiger partial charge >= 0.3 is 0 Å². The molecule has 4 heteroatoms. The summed E-state index contributed by atoms with van der Waals surface area (Å²) in [7, 11) is 0. The van der Waals surface area contributed by atoms with Crippen LogP contribution >= 0.6 is 11.8 Å². The third kappa shape index (κ3) is 4.14. The summed E-state index contributed by atoms with van der Waals surface area (Å²) in [5.74, 6) is 0.926. The van der Waals surface area contributed by atoms with Gasteiger partial charge in [-0.1, -0.05) is 24.3 Å². The molecule has 1 aromatic carbocycles. The van der Waals surface area contributed by atoms with Gasteiger partial charge in [-0.15, -0.1) is 11.8 Å². The molecule has 0 aromatic heterocycles. The van der Waals surface area contributed by atoms with Crippen LogP contribution in [0.1, 0.15) is 25.7 Å². The standard InChI is InChI=1S/C16H18N2OS/c17-11-6-12-20-15-10-5-4-9-14(15)18-16(19)13-7-2-1-3-8-13/h1-2,4-5,9-10,13H,3,6-8,12H2,(H,18,19)/t13-/m0/s1. The second-order valence-corrected chi connectivity index (χ2v) is 5.86. The zero-order chi connectivity index (χ0) is 14.2. The maximum absolute atomic E-state index is 12.2. The average molecular weight is 286 g/mol. The maximum Gasteiger partial charge on any atom is 0.227 e. The van der Waals surface area contributed by atoms with Crippen LogP contribution in [-0.4, -0.2) is 11.7 Å². The van der Waals surface area contributed by atoms with Crippen molar-refractivity contribution in [2.45, 2.75) is 30.6 Å². The van der Waals surface area contributed by atoms with E-state index in [0.29, 0.717) is 6.42 Å². The van der Waals surface area contributed by atoms with Crippen LogP contribution in [0.5, 0.6) is 0 Å². The Morgan fingerprint density at radius 1 is 1.40 bits per heavy atom. The molecule has 1 aliphatic carbocycles. The van der Waals surface area contributed by atoms with Gasteiger partial charge in [0.25, 0.3) is 0 Å². The number of hydrogen-bond donors (Lipinski definition) is 1. The highest BCUT2D eigenvalue weighted by molar-refractivity contribution is 7.99. The fourth-order valence-corrected chi connectivity index (χ4v) is 3.03. The number of hydrogen-bond acceptors (Lipinski definition) is 3. The lowest BCUT2D eigenvalue weighted by Crippen LogP contribution is -2.23. The monoisotopic (exact) mass is 286 g/mol. The molecule has 0 fully saturated rings. The van der Waals surface area contributed by atoms with Crippen LogP contribution in [0.3, 0.4) is 0 Å². The van der Waals surface area contributed by atoms with Crippen LogP contribution in [0.25, 0.3) is 0 Å². The number of anilines is 1. The second-order valence-electron chi connectivity index (χ2n) is 4.72. The number of carbonyl (C=O) groups is 1. The second kappa shape index (κ2) is 7.76. The molecule has 104 valence electrons. The summed E-state index contributed by atoms with van der Waals surface area (Å²) in [6.07, 6.45) is 7.47. The van der Waals surface area contributed by atoms with E-state index in [-0.39, 0.29) is 11.8 Å². The minimum absolute atomic E-state index is 0.0807. The third-order valence-electron chi connectivity index (χ3n) is 3.26. The van der Waals surface area contributed by atoms with Crippen LogP contribution in [0.15, 0.2) is 41.3 Å². The molecule has 20 heavy (non-hydrogen) atoms. The van der Waals surface area contributed by atoms with Crippen molar-refractivity contribution in [1.29, 1.82) is 5.26 Å². The van der Waals surface area contributed by atoms with E-state index in [1.807, 2.05) is 24.3 Å². The summed E-state index contributed by atoms with van der Waals surface area (Å²) in [4.78, 5) is 13.3. The molecule has 1 aromatic rings. The Bertz CT molecular complexity index is 534. The molecule has 1 atom stereocenters. The molecule has 3 nitrogen and oxygen atoms in total. The lowest BCUT2D eigenvalue weighted by atomic mass is 9.93. The van der Waals surface area contributed by atoms with E-state index in [1.54, 1.807) is 11.8 Å². The number of carbonyl (C=O) groups excluding carboxylic acids is 1. The number of amides is 1. The van der Waals surface area contributed by atoms with Crippen LogP contribution in [-0.2, 0) is 4.79 Å².